The lowest BCUT2D eigenvalue weighted by atomic mass is 10.0. The van der Waals surface area contributed by atoms with Gasteiger partial charge < -0.3 is 14.9 Å². The number of hydrogen-bond acceptors (Lipinski definition) is 3. The molecule has 2 unspecified atom stereocenters. The highest BCUT2D eigenvalue weighted by Crippen LogP contribution is 2.18. The summed E-state index contributed by atoms with van der Waals surface area (Å²) in [5.41, 5.74) is 0. The molecule has 0 aromatic heterocycles. The third-order valence-electron chi connectivity index (χ3n) is 1.73. The van der Waals surface area contributed by atoms with Gasteiger partial charge in [-0.3, -0.25) is 0 Å². The van der Waals surface area contributed by atoms with Crippen molar-refractivity contribution in [3.05, 3.63) is 11.8 Å². The van der Waals surface area contributed by atoms with Gasteiger partial charge in [-0.15, -0.1) is 0 Å². The van der Waals surface area contributed by atoms with Gasteiger partial charge in [0, 0.05) is 13.5 Å². The van der Waals surface area contributed by atoms with Crippen LogP contribution in [0.5, 0.6) is 0 Å². The first-order chi connectivity index (χ1) is 4.74. The second-order valence-corrected chi connectivity index (χ2v) is 2.46. The van der Waals surface area contributed by atoms with Crippen LogP contribution in [0.2, 0.25) is 0 Å². The van der Waals surface area contributed by atoms with Gasteiger partial charge in [0.15, 0.2) is 0 Å². The summed E-state index contributed by atoms with van der Waals surface area (Å²) in [4.78, 5) is 0. The highest BCUT2D eigenvalue weighted by Gasteiger charge is 2.21. The first-order valence-corrected chi connectivity index (χ1v) is 3.34. The van der Waals surface area contributed by atoms with Gasteiger partial charge in [0.05, 0.1) is 11.9 Å². The summed E-state index contributed by atoms with van der Waals surface area (Å²) in [6, 6.07) is 0. The molecule has 0 saturated carbocycles. The van der Waals surface area contributed by atoms with Crippen molar-refractivity contribution >= 4 is 0 Å². The molecule has 0 radical (unpaired) electrons. The Kier molecular flexibility index (Phi) is 2.29. The third kappa shape index (κ3) is 1.49. The molecule has 0 bridgehead atoms. The lowest BCUT2D eigenvalue weighted by Crippen LogP contribution is -2.29. The highest BCUT2D eigenvalue weighted by molar-refractivity contribution is 5.03. The zero-order chi connectivity index (χ0) is 7.56. The number of allylic oxidation sites excluding steroid dienone is 1. The van der Waals surface area contributed by atoms with E-state index in [1.165, 1.54) is 6.08 Å². The Bertz CT molecular complexity index is 142. The number of aliphatic hydroxyl groups excluding tert-OH is 2. The van der Waals surface area contributed by atoms with Gasteiger partial charge in [-0.25, -0.2) is 0 Å². The zero-order valence-electron chi connectivity index (χ0n) is 5.95. The van der Waals surface area contributed by atoms with E-state index in [2.05, 4.69) is 0 Å². The Morgan fingerprint density at radius 3 is 2.90 bits per heavy atom. The van der Waals surface area contributed by atoms with Crippen LogP contribution in [0.1, 0.15) is 12.8 Å². The second-order valence-electron chi connectivity index (χ2n) is 2.46. The molecule has 1 aliphatic carbocycles. The Balaban J connectivity index is 2.55. The molecule has 1 aliphatic rings. The fourth-order valence-corrected chi connectivity index (χ4v) is 1.11. The molecule has 0 spiro atoms. The fraction of sp³-hybridized carbons (Fsp3) is 0.714. The first kappa shape index (κ1) is 7.57. The Morgan fingerprint density at radius 2 is 2.40 bits per heavy atom. The van der Waals surface area contributed by atoms with Crippen LogP contribution in [0, 0.1) is 0 Å². The van der Waals surface area contributed by atoms with E-state index in [0.29, 0.717) is 12.8 Å². The van der Waals surface area contributed by atoms with Gasteiger partial charge in [0.2, 0.25) is 0 Å². The van der Waals surface area contributed by atoms with Crippen molar-refractivity contribution in [2.45, 2.75) is 25.0 Å². The molecule has 3 heteroatoms. The van der Waals surface area contributed by atoms with Gasteiger partial charge in [0.25, 0.3) is 0 Å². The van der Waals surface area contributed by atoms with Crippen molar-refractivity contribution in [3.63, 3.8) is 0 Å². The lowest BCUT2D eigenvalue weighted by Gasteiger charge is -2.22. The zero-order valence-corrected chi connectivity index (χ0v) is 5.95. The highest BCUT2D eigenvalue weighted by atomic mass is 16.5. The minimum atomic E-state index is -0.640. The maximum absolute atomic E-state index is 9.18. The van der Waals surface area contributed by atoms with Gasteiger partial charge in [-0.1, -0.05) is 0 Å². The van der Waals surface area contributed by atoms with E-state index in [1.807, 2.05) is 0 Å². The molecular formula is C7H12O3. The number of aliphatic hydroxyl groups is 2. The van der Waals surface area contributed by atoms with Crippen LogP contribution in [0.3, 0.4) is 0 Å². The van der Waals surface area contributed by atoms with Gasteiger partial charge in [0.1, 0.15) is 6.10 Å². The number of methoxy groups -OCH3 is 1. The summed E-state index contributed by atoms with van der Waals surface area (Å²) < 4.78 is 4.95. The van der Waals surface area contributed by atoms with Crippen LogP contribution in [0.25, 0.3) is 0 Å². The maximum atomic E-state index is 9.18. The number of hydrogen-bond donors (Lipinski definition) is 2. The Hall–Kier alpha value is -0.540. The summed E-state index contributed by atoms with van der Waals surface area (Å²) in [5, 5.41) is 18.1. The third-order valence-corrected chi connectivity index (χ3v) is 1.73. The van der Waals surface area contributed by atoms with Crippen LogP contribution < -0.4 is 0 Å². The molecule has 0 aromatic carbocycles. The normalized spacial score (nSPS) is 33.6. The average molecular weight is 144 g/mol. The van der Waals surface area contributed by atoms with Gasteiger partial charge in [-0.2, -0.15) is 0 Å². The minimum Gasteiger partial charge on any atom is -0.513 e. The van der Waals surface area contributed by atoms with Gasteiger partial charge >= 0.3 is 0 Å². The maximum Gasteiger partial charge on any atom is 0.102 e. The molecule has 1 rings (SSSR count). The second kappa shape index (κ2) is 3.03. The SMILES string of the molecule is COC1CCC(O)=CC1O. The molecular weight excluding hydrogens is 132 g/mol. The Labute approximate surface area is 59.9 Å². The molecule has 0 aromatic rings. The minimum absolute atomic E-state index is 0.143. The summed E-state index contributed by atoms with van der Waals surface area (Å²) in [7, 11) is 1.56. The topological polar surface area (TPSA) is 49.7 Å². The molecule has 0 heterocycles. The van der Waals surface area contributed by atoms with Crippen molar-refractivity contribution in [1.29, 1.82) is 0 Å². The van der Waals surface area contributed by atoms with Crippen LogP contribution in [0.4, 0.5) is 0 Å². The predicted molar refractivity (Wildman–Crippen MR) is 36.7 cm³/mol. The van der Waals surface area contributed by atoms with Crippen molar-refractivity contribution in [1.82, 2.24) is 0 Å². The van der Waals surface area contributed by atoms with E-state index in [1.54, 1.807) is 7.11 Å². The standard InChI is InChI=1S/C7H12O3/c1-10-7-3-2-5(8)4-6(7)9/h4,6-9H,2-3H2,1H3. The van der Waals surface area contributed by atoms with Crippen molar-refractivity contribution < 1.29 is 14.9 Å². The summed E-state index contributed by atoms with van der Waals surface area (Å²) in [6.07, 6.45) is 1.95. The number of ether oxygens (including phenoxy) is 1. The van der Waals surface area contributed by atoms with E-state index in [9.17, 15) is 5.11 Å². The van der Waals surface area contributed by atoms with Crippen LogP contribution in [0.15, 0.2) is 11.8 Å². The molecule has 0 amide bonds. The van der Waals surface area contributed by atoms with Crippen LogP contribution in [-0.2, 0) is 4.74 Å². The van der Waals surface area contributed by atoms with E-state index in [4.69, 9.17) is 9.84 Å². The predicted octanol–water partition coefficient (Wildman–Crippen LogP) is 0.598. The molecule has 0 aliphatic heterocycles. The van der Waals surface area contributed by atoms with Crippen molar-refractivity contribution in [2.75, 3.05) is 7.11 Å². The summed E-state index contributed by atoms with van der Waals surface area (Å²) >= 11 is 0. The van der Waals surface area contributed by atoms with Gasteiger partial charge in [-0.05, 0) is 12.5 Å². The van der Waals surface area contributed by atoms with Crippen LogP contribution >= 0.6 is 0 Å². The molecule has 2 N–H and O–H groups in total. The average Bonchev–Trinajstić information content (AvgIpc) is 1.88. The molecule has 58 valence electrons. The smallest absolute Gasteiger partial charge is 0.102 e. The monoisotopic (exact) mass is 144 g/mol. The lowest BCUT2D eigenvalue weighted by molar-refractivity contribution is -0.00230. The number of rotatable bonds is 1. The van der Waals surface area contributed by atoms with Crippen molar-refractivity contribution in [3.8, 4) is 0 Å². The molecule has 0 saturated heterocycles. The molecule has 10 heavy (non-hydrogen) atoms. The fourth-order valence-electron chi connectivity index (χ4n) is 1.11. The molecule has 2 atom stereocenters. The summed E-state index contributed by atoms with van der Waals surface area (Å²) in [5.74, 6) is 0.265. The van der Waals surface area contributed by atoms with E-state index >= 15 is 0 Å². The summed E-state index contributed by atoms with van der Waals surface area (Å²) in [6.45, 7) is 0. The van der Waals surface area contributed by atoms with E-state index in [0.717, 1.165) is 0 Å². The first-order valence-electron chi connectivity index (χ1n) is 3.34. The van der Waals surface area contributed by atoms with E-state index < -0.39 is 6.10 Å². The van der Waals surface area contributed by atoms with Crippen molar-refractivity contribution in [2.24, 2.45) is 0 Å². The molecule has 3 nitrogen and oxygen atoms in total. The molecule has 0 fully saturated rings. The Morgan fingerprint density at radius 1 is 1.70 bits per heavy atom. The van der Waals surface area contributed by atoms with Crippen LogP contribution in [-0.4, -0.2) is 29.5 Å². The largest absolute Gasteiger partial charge is 0.513 e. The quantitative estimate of drug-likeness (QED) is 0.566. The van der Waals surface area contributed by atoms with E-state index in [-0.39, 0.29) is 11.9 Å².